The summed E-state index contributed by atoms with van der Waals surface area (Å²) in [5.74, 6) is 0.911. The molecule has 0 aliphatic carbocycles. The number of hydrogen-bond donors (Lipinski definition) is 0. The summed E-state index contributed by atoms with van der Waals surface area (Å²) in [5.41, 5.74) is 2.27. The number of benzene rings is 2. The van der Waals surface area contributed by atoms with Crippen LogP contribution in [-0.2, 0) is 9.53 Å². The van der Waals surface area contributed by atoms with Crippen LogP contribution in [0.4, 0.5) is 11.4 Å². The van der Waals surface area contributed by atoms with E-state index >= 15 is 0 Å². The van der Waals surface area contributed by atoms with E-state index in [4.69, 9.17) is 9.47 Å². The summed E-state index contributed by atoms with van der Waals surface area (Å²) in [6.07, 6.45) is 4.86. The fourth-order valence-electron chi connectivity index (χ4n) is 4.37. The average molecular weight is 452 g/mol. The summed E-state index contributed by atoms with van der Waals surface area (Å²) < 4.78 is 10.9. The largest absolute Gasteiger partial charge is 0.491 e. The number of anilines is 2. The number of piperazine rings is 1. The van der Waals surface area contributed by atoms with Gasteiger partial charge in [0.25, 0.3) is 0 Å². The van der Waals surface area contributed by atoms with Gasteiger partial charge in [0.05, 0.1) is 6.61 Å². The average Bonchev–Trinajstić information content (AvgIpc) is 3.68. The van der Waals surface area contributed by atoms with Crippen LogP contribution in [0.5, 0.6) is 5.75 Å². The maximum Gasteiger partial charge on any atom is 0.223 e. The molecular formula is C27H37N3O3. The van der Waals surface area contributed by atoms with Crippen molar-refractivity contribution in [2.45, 2.75) is 38.7 Å². The minimum atomic E-state index is 0.0892. The Morgan fingerprint density at radius 2 is 1.67 bits per heavy atom. The minimum Gasteiger partial charge on any atom is -0.491 e. The van der Waals surface area contributed by atoms with Crippen LogP contribution in [-0.4, -0.2) is 69.4 Å². The topological polar surface area (TPSA) is 48.6 Å². The van der Waals surface area contributed by atoms with Crippen LogP contribution < -0.4 is 14.5 Å². The Labute approximate surface area is 198 Å². The van der Waals surface area contributed by atoms with Gasteiger partial charge in [0.1, 0.15) is 18.5 Å². The molecule has 0 N–H and O–H groups in total. The zero-order chi connectivity index (χ0) is 22.9. The third-order valence-corrected chi connectivity index (χ3v) is 6.47. The quantitative estimate of drug-likeness (QED) is 0.358. The molecule has 4 rings (SSSR count). The molecule has 6 heteroatoms. The van der Waals surface area contributed by atoms with Crippen LogP contribution in [0.3, 0.4) is 0 Å². The lowest BCUT2D eigenvalue weighted by atomic mass is 10.1. The highest BCUT2D eigenvalue weighted by molar-refractivity contribution is 5.91. The van der Waals surface area contributed by atoms with E-state index in [9.17, 15) is 4.79 Å². The maximum absolute atomic E-state index is 12.2. The van der Waals surface area contributed by atoms with Crippen molar-refractivity contribution in [3.05, 3.63) is 54.6 Å². The third kappa shape index (κ3) is 7.47. The highest BCUT2D eigenvalue weighted by atomic mass is 16.6. The van der Waals surface area contributed by atoms with Crippen molar-refractivity contribution in [1.82, 2.24) is 4.90 Å². The standard InChI is InChI=1S/C27H37N3O3/c1-23(31)30(25-11-13-26(14-12-25)32-21-27-22-33-27)16-8-3-2-7-15-28-17-19-29(20-18-28)24-9-5-4-6-10-24/h4-6,9-14,27H,2-3,7-8,15-22H2,1H3/t27-/m0/s1. The lowest BCUT2D eigenvalue weighted by molar-refractivity contribution is -0.116. The number of ether oxygens (including phenoxy) is 2. The lowest BCUT2D eigenvalue weighted by Crippen LogP contribution is -2.46. The Bertz CT molecular complexity index is 847. The molecule has 178 valence electrons. The van der Waals surface area contributed by atoms with E-state index in [1.165, 1.54) is 25.1 Å². The Kier molecular flexibility index (Phi) is 8.61. The Morgan fingerprint density at radius 1 is 0.970 bits per heavy atom. The fourth-order valence-corrected chi connectivity index (χ4v) is 4.37. The molecule has 2 heterocycles. The van der Waals surface area contributed by atoms with Gasteiger partial charge in [-0.1, -0.05) is 31.0 Å². The molecule has 0 aromatic heterocycles. The molecule has 2 aromatic carbocycles. The van der Waals surface area contributed by atoms with Gasteiger partial charge in [-0.25, -0.2) is 0 Å². The Balaban J connectivity index is 1.10. The molecular weight excluding hydrogens is 414 g/mol. The van der Waals surface area contributed by atoms with Gasteiger partial charge in [0.2, 0.25) is 5.91 Å². The highest BCUT2D eigenvalue weighted by Crippen LogP contribution is 2.22. The highest BCUT2D eigenvalue weighted by Gasteiger charge is 2.23. The van der Waals surface area contributed by atoms with Crippen LogP contribution in [0.1, 0.15) is 32.6 Å². The second kappa shape index (κ2) is 12.1. The molecule has 1 atom stereocenters. The molecule has 0 spiro atoms. The molecule has 2 aliphatic heterocycles. The van der Waals surface area contributed by atoms with E-state index in [2.05, 4.69) is 40.1 Å². The third-order valence-electron chi connectivity index (χ3n) is 6.47. The van der Waals surface area contributed by atoms with Crippen LogP contribution in [0.2, 0.25) is 0 Å². The number of amides is 1. The second-order valence-electron chi connectivity index (χ2n) is 9.01. The number of rotatable bonds is 12. The molecule has 0 radical (unpaired) electrons. The lowest BCUT2D eigenvalue weighted by Gasteiger charge is -2.36. The zero-order valence-corrected chi connectivity index (χ0v) is 19.8. The number of hydrogen-bond acceptors (Lipinski definition) is 5. The van der Waals surface area contributed by atoms with E-state index in [1.807, 2.05) is 29.2 Å². The Morgan fingerprint density at radius 3 is 2.33 bits per heavy atom. The van der Waals surface area contributed by atoms with Gasteiger partial charge in [-0.3, -0.25) is 9.69 Å². The summed E-state index contributed by atoms with van der Waals surface area (Å²) in [6.45, 7) is 9.46. The van der Waals surface area contributed by atoms with E-state index < -0.39 is 0 Å². The first-order chi connectivity index (χ1) is 16.2. The number of unbranched alkanes of at least 4 members (excludes halogenated alkanes) is 3. The molecule has 2 saturated heterocycles. The molecule has 2 aliphatic rings. The first kappa shape index (κ1) is 23.6. The van der Waals surface area contributed by atoms with E-state index in [0.717, 1.165) is 63.6 Å². The van der Waals surface area contributed by atoms with Crippen LogP contribution in [0, 0.1) is 0 Å². The Hall–Kier alpha value is -2.57. The summed E-state index contributed by atoms with van der Waals surface area (Å²) in [6, 6.07) is 18.5. The van der Waals surface area contributed by atoms with Crippen molar-refractivity contribution in [1.29, 1.82) is 0 Å². The van der Waals surface area contributed by atoms with Gasteiger partial charge in [-0.2, -0.15) is 0 Å². The molecule has 6 nitrogen and oxygen atoms in total. The van der Waals surface area contributed by atoms with Gasteiger partial charge in [0.15, 0.2) is 0 Å². The van der Waals surface area contributed by atoms with Gasteiger partial charge >= 0.3 is 0 Å². The van der Waals surface area contributed by atoms with Crippen molar-refractivity contribution < 1.29 is 14.3 Å². The summed E-state index contributed by atoms with van der Waals surface area (Å²) in [7, 11) is 0. The predicted octanol–water partition coefficient (Wildman–Crippen LogP) is 4.20. The normalized spacial score (nSPS) is 18.2. The molecule has 33 heavy (non-hydrogen) atoms. The van der Waals surface area contributed by atoms with Crippen molar-refractivity contribution in [2.24, 2.45) is 0 Å². The molecule has 2 fully saturated rings. The summed E-state index contributed by atoms with van der Waals surface area (Å²) in [4.78, 5) is 19.1. The van der Waals surface area contributed by atoms with Gasteiger partial charge in [-0.15, -0.1) is 0 Å². The van der Waals surface area contributed by atoms with Crippen LogP contribution >= 0.6 is 0 Å². The SMILES string of the molecule is CC(=O)N(CCCCCCN1CCN(c2ccccc2)CC1)c1ccc(OC[C@H]2CO2)cc1. The molecule has 0 saturated carbocycles. The summed E-state index contributed by atoms with van der Waals surface area (Å²) >= 11 is 0. The number of carbonyl (C=O) groups excluding carboxylic acids is 1. The number of carbonyl (C=O) groups is 1. The fraction of sp³-hybridized carbons (Fsp3) is 0.519. The van der Waals surface area contributed by atoms with Crippen molar-refractivity contribution in [3.8, 4) is 5.75 Å². The first-order valence-corrected chi connectivity index (χ1v) is 12.3. The van der Waals surface area contributed by atoms with Gasteiger partial charge < -0.3 is 19.3 Å². The minimum absolute atomic E-state index is 0.0892. The zero-order valence-electron chi connectivity index (χ0n) is 19.8. The maximum atomic E-state index is 12.2. The van der Waals surface area contributed by atoms with Crippen molar-refractivity contribution in [2.75, 3.05) is 62.3 Å². The first-order valence-electron chi connectivity index (χ1n) is 12.3. The van der Waals surface area contributed by atoms with E-state index in [-0.39, 0.29) is 12.0 Å². The van der Waals surface area contributed by atoms with Crippen molar-refractivity contribution in [3.63, 3.8) is 0 Å². The smallest absolute Gasteiger partial charge is 0.223 e. The molecule has 0 unspecified atom stereocenters. The van der Waals surface area contributed by atoms with Gasteiger partial charge in [0, 0.05) is 51.0 Å². The van der Waals surface area contributed by atoms with Gasteiger partial charge in [-0.05, 0) is 55.8 Å². The van der Waals surface area contributed by atoms with Crippen LogP contribution in [0.25, 0.3) is 0 Å². The second-order valence-corrected chi connectivity index (χ2v) is 9.01. The van der Waals surface area contributed by atoms with Crippen LogP contribution in [0.15, 0.2) is 54.6 Å². The van der Waals surface area contributed by atoms with Crippen molar-refractivity contribution >= 4 is 17.3 Å². The van der Waals surface area contributed by atoms with E-state index in [1.54, 1.807) is 6.92 Å². The predicted molar refractivity (Wildman–Crippen MR) is 133 cm³/mol. The number of epoxide rings is 1. The monoisotopic (exact) mass is 451 g/mol. The molecule has 2 aromatic rings. The molecule has 1 amide bonds. The molecule has 0 bridgehead atoms. The number of para-hydroxylation sites is 1. The number of nitrogens with zero attached hydrogens (tertiary/aromatic N) is 3. The van der Waals surface area contributed by atoms with E-state index in [0.29, 0.717) is 6.61 Å². The summed E-state index contributed by atoms with van der Waals surface area (Å²) in [5, 5.41) is 0.